The van der Waals surface area contributed by atoms with E-state index in [1.54, 1.807) is 6.92 Å². The smallest absolute Gasteiger partial charge is 0.343 e. The number of nitrogen functional groups attached to an aromatic ring is 1. The topological polar surface area (TPSA) is 90.6 Å². The molecule has 0 bridgehead atoms. The Morgan fingerprint density at radius 1 is 1.48 bits per heavy atom. The first-order valence-corrected chi connectivity index (χ1v) is 7.18. The van der Waals surface area contributed by atoms with Crippen molar-refractivity contribution in [2.24, 2.45) is 0 Å². The molecule has 1 aromatic rings. The van der Waals surface area contributed by atoms with E-state index in [1.165, 1.54) is 20.0 Å². The second-order valence-corrected chi connectivity index (χ2v) is 5.53. The monoisotopic (exact) mass is 292 g/mol. The summed E-state index contributed by atoms with van der Waals surface area (Å²) in [5, 5.41) is 0. The summed E-state index contributed by atoms with van der Waals surface area (Å²) in [6.45, 7) is 4.31. The van der Waals surface area contributed by atoms with Crippen LogP contribution in [-0.2, 0) is 9.47 Å². The highest BCUT2D eigenvalue weighted by molar-refractivity contribution is 5.95. The van der Waals surface area contributed by atoms with Crippen LogP contribution in [0.5, 0.6) is 0 Å². The summed E-state index contributed by atoms with van der Waals surface area (Å²) >= 11 is 0. The van der Waals surface area contributed by atoms with E-state index in [0.29, 0.717) is 24.2 Å². The number of rotatable bonds is 2. The van der Waals surface area contributed by atoms with Crippen molar-refractivity contribution in [1.29, 1.82) is 0 Å². The van der Waals surface area contributed by atoms with Gasteiger partial charge in [0.25, 0.3) is 0 Å². The van der Waals surface area contributed by atoms with E-state index < -0.39 is 5.97 Å². The number of carbonyl (C=O) groups is 1. The summed E-state index contributed by atoms with van der Waals surface area (Å²) in [4.78, 5) is 22.7. The number of aryl methyl sites for hydroxylation is 1. The molecule has 7 nitrogen and oxygen atoms in total. The lowest BCUT2D eigenvalue weighted by Crippen LogP contribution is -2.43. The van der Waals surface area contributed by atoms with Crippen LogP contribution in [0.3, 0.4) is 0 Å². The molecule has 7 heteroatoms. The van der Waals surface area contributed by atoms with Crippen LogP contribution in [0.25, 0.3) is 0 Å². The number of nitrogens with two attached hydrogens (primary N) is 1. The standard InChI is InChI=1S/C14H20N4O3/c1-8-11(14(19)20-2)12(15)17-13(16-8)10-6-18-5-3-4-9(18)7-21-10/h9-10H,3-7H2,1-2H3,(H2,15,16,17). The number of esters is 1. The third-order valence-corrected chi connectivity index (χ3v) is 4.20. The second-order valence-electron chi connectivity index (χ2n) is 5.53. The lowest BCUT2D eigenvalue weighted by molar-refractivity contribution is -0.0541. The summed E-state index contributed by atoms with van der Waals surface area (Å²) in [6.07, 6.45) is 2.21. The molecule has 0 saturated carbocycles. The van der Waals surface area contributed by atoms with Gasteiger partial charge < -0.3 is 15.2 Å². The van der Waals surface area contributed by atoms with Gasteiger partial charge in [0.2, 0.25) is 0 Å². The van der Waals surface area contributed by atoms with Crippen molar-refractivity contribution in [3.8, 4) is 0 Å². The molecule has 3 heterocycles. The van der Waals surface area contributed by atoms with Gasteiger partial charge in [0.15, 0.2) is 5.82 Å². The zero-order valence-corrected chi connectivity index (χ0v) is 12.3. The number of hydrogen-bond donors (Lipinski definition) is 1. The van der Waals surface area contributed by atoms with Crippen molar-refractivity contribution in [2.45, 2.75) is 31.9 Å². The minimum absolute atomic E-state index is 0.150. The number of hydrogen-bond acceptors (Lipinski definition) is 7. The van der Waals surface area contributed by atoms with Crippen molar-refractivity contribution < 1.29 is 14.3 Å². The Kier molecular flexibility index (Phi) is 3.77. The fraction of sp³-hybridized carbons (Fsp3) is 0.643. The van der Waals surface area contributed by atoms with Gasteiger partial charge in [0, 0.05) is 12.6 Å². The van der Waals surface area contributed by atoms with Crippen LogP contribution >= 0.6 is 0 Å². The molecule has 2 N–H and O–H groups in total. The lowest BCUT2D eigenvalue weighted by Gasteiger charge is -2.34. The molecule has 2 aliphatic heterocycles. The van der Waals surface area contributed by atoms with E-state index in [4.69, 9.17) is 15.2 Å². The number of ether oxygens (including phenoxy) is 2. The summed E-state index contributed by atoms with van der Waals surface area (Å²) in [7, 11) is 1.31. The van der Waals surface area contributed by atoms with E-state index >= 15 is 0 Å². The molecular formula is C14H20N4O3. The molecule has 21 heavy (non-hydrogen) atoms. The van der Waals surface area contributed by atoms with Crippen molar-refractivity contribution in [2.75, 3.05) is 32.5 Å². The SMILES string of the molecule is COC(=O)c1c(C)nc(C2CN3CCCC3CO2)nc1N. The van der Waals surface area contributed by atoms with Gasteiger partial charge >= 0.3 is 5.97 Å². The number of aromatic nitrogens is 2. The molecule has 2 aliphatic rings. The first kappa shape index (κ1) is 14.2. The predicted molar refractivity (Wildman–Crippen MR) is 75.8 cm³/mol. The number of methoxy groups -OCH3 is 1. The van der Waals surface area contributed by atoms with Crippen LogP contribution < -0.4 is 5.73 Å². The predicted octanol–water partition coefficient (Wildman–Crippen LogP) is 0.690. The first-order chi connectivity index (χ1) is 10.1. The number of anilines is 1. The molecule has 2 saturated heterocycles. The highest BCUT2D eigenvalue weighted by Gasteiger charge is 2.34. The molecule has 0 amide bonds. The van der Waals surface area contributed by atoms with E-state index in [2.05, 4.69) is 14.9 Å². The van der Waals surface area contributed by atoms with Gasteiger partial charge in [0.05, 0.1) is 19.4 Å². The fourth-order valence-electron chi connectivity index (χ4n) is 3.09. The van der Waals surface area contributed by atoms with Crippen LogP contribution in [0.15, 0.2) is 0 Å². The Hall–Kier alpha value is -1.73. The maximum Gasteiger partial charge on any atom is 0.343 e. The fourth-order valence-corrected chi connectivity index (χ4v) is 3.09. The van der Waals surface area contributed by atoms with Crippen LogP contribution in [0, 0.1) is 6.92 Å². The average molecular weight is 292 g/mol. The molecule has 0 spiro atoms. The Morgan fingerprint density at radius 2 is 2.29 bits per heavy atom. The molecule has 2 unspecified atom stereocenters. The number of nitrogens with zero attached hydrogens (tertiary/aromatic N) is 3. The van der Waals surface area contributed by atoms with Crippen molar-refractivity contribution >= 4 is 11.8 Å². The molecule has 2 atom stereocenters. The van der Waals surface area contributed by atoms with Gasteiger partial charge in [-0.3, -0.25) is 4.90 Å². The number of carbonyl (C=O) groups excluding carboxylic acids is 1. The summed E-state index contributed by atoms with van der Waals surface area (Å²) in [5.74, 6) is 0.181. The van der Waals surface area contributed by atoms with Gasteiger partial charge in [-0.1, -0.05) is 0 Å². The summed E-state index contributed by atoms with van der Waals surface area (Å²) in [6, 6.07) is 0.522. The number of fused-ring (bicyclic) bond motifs is 1. The van der Waals surface area contributed by atoms with Gasteiger partial charge in [0.1, 0.15) is 17.5 Å². The van der Waals surface area contributed by atoms with Crippen molar-refractivity contribution in [3.05, 3.63) is 17.1 Å². The zero-order chi connectivity index (χ0) is 15.0. The normalized spacial score (nSPS) is 25.6. The van der Waals surface area contributed by atoms with E-state index in [1.807, 2.05) is 0 Å². The minimum Gasteiger partial charge on any atom is -0.465 e. The largest absolute Gasteiger partial charge is 0.465 e. The Balaban J connectivity index is 1.84. The summed E-state index contributed by atoms with van der Waals surface area (Å²) in [5.41, 5.74) is 6.65. The van der Waals surface area contributed by atoms with Crippen molar-refractivity contribution in [3.63, 3.8) is 0 Å². The molecule has 0 aliphatic carbocycles. The third-order valence-electron chi connectivity index (χ3n) is 4.20. The molecule has 2 fully saturated rings. The van der Waals surface area contributed by atoms with Crippen molar-refractivity contribution in [1.82, 2.24) is 14.9 Å². The van der Waals surface area contributed by atoms with Gasteiger partial charge in [-0.15, -0.1) is 0 Å². The Bertz CT molecular complexity index is 540. The van der Waals surface area contributed by atoms with E-state index in [9.17, 15) is 4.79 Å². The molecule has 0 aromatic carbocycles. The number of morpholine rings is 1. The van der Waals surface area contributed by atoms with Crippen LogP contribution in [-0.4, -0.2) is 53.7 Å². The third kappa shape index (κ3) is 2.58. The molecule has 1 aromatic heterocycles. The summed E-state index contributed by atoms with van der Waals surface area (Å²) < 4.78 is 10.6. The van der Waals surface area contributed by atoms with E-state index in [-0.39, 0.29) is 17.5 Å². The van der Waals surface area contributed by atoms with E-state index in [0.717, 1.165) is 13.1 Å². The minimum atomic E-state index is -0.513. The molecular weight excluding hydrogens is 272 g/mol. The lowest BCUT2D eigenvalue weighted by atomic mass is 10.1. The van der Waals surface area contributed by atoms with Crippen LogP contribution in [0.1, 0.15) is 40.8 Å². The maximum absolute atomic E-state index is 11.7. The molecule has 3 rings (SSSR count). The Morgan fingerprint density at radius 3 is 3.00 bits per heavy atom. The highest BCUT2D eigenvalue weighted by atomic mass is 16.5. The van der Waals surface area contributed by atoms with Crippen LogP contribution in [0.2, 0.25) is 0 Å². The van der Waals surface area contributed by atoms with Gasteiger partial charge in [-0.2, -0.15) is 0 Å². The maximum atomic E-state index is 11.7. The molecule has 0 radical (unpaired) electrons. The Labute approximate surface area is 123 Å². The molecule has 114 valence electrons. The second kappa shape index (κ2) is 5.57. The van der Waals surface area contributed by atoms with Crippen LogP contribution in [0.4, 0.5) is 5.82 Å². The van der Waals surface area contributed by atoms with Gasteiger partial charge in [-0.05, 0) is 26.3 Å². The average Bonchev–Trinajstić information content (AvgIpc) is 2.93. The zero-order valence-electron chi connectivity index (χ0n) is 12.3. The highest BCUT2D eigenvalue weighted by Crippen LogP contribution is 2.29. The quantitative estimate of drug-likeness (QED) is 0.802. The van der Waals surface area contributed by atoms with Gasteiger partial charge in [-0.25, -0.2) is 14.8 Å². The first-order valence-electron chi connectivity index (χ1n) is 7.18.